The first-order valence-corrected chi connectivity index (χ1v) is 4.66. The first-order valence-electron chi connectivity index (χ1n) is 4.66. The lowest BCUT2D eigenvalue weighted by molar-refractivity contribution is 0.100. The van der Waals surface area contributed by atoms with Crippen molar-refractivity contribution in [1.29, 1.82) is 0 Å². The van der Waals surface area contributed by atoms with Crippen LogP contribution in [0.25, 0.3) is 10.9 Å². The maximum absolute atomic E-state index is 11.1. The van der Waals surface area contributed by atoms with Crippen LogP contribution in [0.15, 0.2) is 24.3 Å². The molecule has 0 unspecified atom stereocenters. The van der Waals surface area contributed by atoms with Crippen LogP contribution in [0.4, 0.5) is 5.82 Å². The second-order valence-corrected chi connectivity index (χ2v) is 3.34. The molecule has 0 aliphatic carbocycles. The van der Waals surface area contributed by atoms with Crippen molar-refractivity contribution in [3.8, 4) is 5.75 Å². The molecule has 0 saturated carbocycles. The molecule has 4 N–H and O–H groups in total. The van der Waals surface area contributed by atoms with Gasteiger partial charge in [0.1, 0.15) is 11.6 Å². The molecule has 2 aromatic rings. The van der Waals surface area contributed by atoms with E-state index in [0.29, 0.717) is 11.3 Å². The van der Waals surface area contributed by atoms with Gasteiger partial charge in [0.05, 0.1) is 18.2 Å². The predicted molar refractivity (Wildman–Crippen MR) is 61.2 cm³/mol. The van der Waals surface area contributed by atoms with E-state index < -0.39 is 5.91 Å². The maximum atomic E-state index is 11.1. The predicted octanol–water partition coefficient (Wildman–Crippen LogP) is 0.924. The van der Waals surface area contributed by atoms with Crippen LogP contribution in [0.1, 0.15) is 10.4 Å². The Morgan fingerprint density at radius 3 is 2.75 bits per heavy atom. The molecular formula is C11H11N3O2. The molecule has 0 radical (unpaired) electrons. The van der Waals surface area contributed by atoms with Gasteiger partial charge in [-0.1, -0.05) is 0 Å². The highest BCUT2D eigenvalue weighted by molar-refractivity contribution is 6.01. The molecule has 0 aliphatic heterocycles. The highest BCUT2D eigenvalue weighted by atomic mass is 16.5. The lowest BCUT2D eigenvalue weighted by Gasteiger charge is -2.05. The number of nitrogen functional groups attached to an aromatic ring is 1. The highest BCUT2D eigenvalue weighted by Crippen LogP contribution is 2.22. The zero-order chi connectivity index (χ0) is 11.7. The van der Waals surface area contributed by atoms with Crippen molar-refractivity contribution in [2.24, 2.45) is 5.73 Å². The monoisotopic (exact) mass is 217 g/mol. The molecule has 5 heteroatoms. The molecule has 1 aromatic heterocycles. The molecule has 0 atom stereocenters. The Bertz CT molecular complexity index is 566. The molecule has 1 heterocycles. The van der Waals surface area contributed by atoms with Gasteiger partial charge >= 0.3 is 0 Å². The van der Waals surface area contributed by atoms with Gasteiger partial charge in [0.2, 0.25) is 0 Å². The minimum absolute atomic E-state index is 0.144. The Morgan fingerprint density at radius 2 is 2.12 bits per heavy atom. The number of methoxy groups -OCH3 is 1. The van der Waals surface area contributed by atoms with E-state index in [1.54, 1.807) is 31.4 Å². The number of ether oxygens (including phenoxy) is 1. The number of nitrogens with two attached hydrogens (primary N) is 2. The summed E-state index contributed by atoms with van der Waals surface area (Å²) in [6.07, 6.45) is 0. The molecule has 0 bridgehead atoms. The van der Waals surface area contributed by atoms with E-state index in [1.165, 1.54) is 0 Å². The fourth-order valence-electron chi connectivity index (χ4n) is 1.49. The van der Waals surface area contributed by atoms with Gasteiger partial charge in [0, 0.05) is 5.39 Å². The summed E-state index contributed by atoms with van der Waals surface area (Å²) in [7, 11) is 1.57. The van der Waals surface area contributed by atoms with Crippen molar-refractivity contribution in [2.75, 3.05) is 12.8 Å². The van der Waals surface area contributed by atoms with Gasteiger partial charge in [-0.25, -0.2) is 4.98 Å². The fraction of sp³-hybridized carbons (Fsp3) is 0.0909. The minimum Gasteiger partial charge on any atom is -0.497 e. The van der Waals surface area contributed by atoms with Crippen molar-refractivity contribution in [1.82, 2.24) is 4.98 Å². The Balaban J connectivity index is 2.70. The van der Waals surface area contributed by atoms with Crippen LogP contribution in [0.3, 0.4) is 0 Å². The van der Waals surface area contributed by atoms with E-state index in [9.17, 15) is 4.79 Å². The SMILES string of the molecule is COc1ccc2nc(N)c(C(N)=O)cc2c1. The summed E-state index contributed by atoms with van der Waals surface area (Å²) in [5, 5.41) is 0.766. The number of anilines is 1. The summed E-state index contributed by atoms with van der Waals surface area (Å²) in [4.78, 5) is 15.2. The van der Waals surface area contributed by atoms with Gasteiger partial charge in [-0.05, 0) is 24.3 Å². The van der Waals surface area contributed by atoms with Crippen molar-refractivity contribution >= 4 is 22.6 Å². The average molecular weight is 217 g/mol. The molecule has 5 nitrogen and oxygen atoms in total. The Morgan fingerprint density at radius 1 is 1.38 bits per heavy atom. The summed E-state index contributed by atoms with van der Waals surface area (Å²) >= 11 is 0. The summed E-state index contributed by atoms with van der Waals surface area (Å²) < 4.78 is 5.08. The molecule has 1 amide bonds. The molecule has 16 heavy (non-hydrogen) atoms. The van der Waals surface area contributed by atoms with Crippen LogP contribution in [0, 0.1) is 0 Å². The van der Waals surface area contributed by atoms with E-state index in [0.717, 1.165) is 5.39 Å². The van der Waals surface area contributed by atoms with Crippen LogP contribution in [0.2, 0.25) is 0 Å². The molecule has 0 saturated heterocycles. The quantitative estimate of drug-likeness (QED) is 0.782. The molecule has 0 aliphatic rings. The Labute approximate surface area is 92.0 Å². The molecule has 1 aromatic carbocycles. The third kappa shape index (κ3) is 1.63. The van der Waals surface area contributed by atoms with Gasteiger partial charge in [-0.3, -0.25) is 4.79 Å². The van der Waals surface area contributed by atoms with Crippen LogP contribution < -0.4 is 16.2 Å². The number of rotatable bonds is 2. The van der Waals surface area contributed by atoms with Gasteiger partial charge in [-0.2, -0.15) is 0 Å². The Kier molecular flexibility index (Phi) is 2.36. The zero-order valence-electron chi connectivity index (χ0n) is 8.73. The largest absolute Gasteiger partial charge is 0.497 e. The van der Waals surface area contributed by atoms with Crippen molar-refractivity contribution in [3.63, 3.8) is 0 Å². The molecular weight excluding hydrogens is 206 g/mol. The zero-order valence-corrected chi connectivity index (χ0v) is 8.73. The first kappa shape index (κ1) is 10.2. The number of aromatic nitrogens is 1. The van der Waals surface area contributed by atoms with E-state index in [-0.39, 0.29) is 11.4 Å². The van der Waals surface area contributed by atoms with Crippen LogP contribution in [0.5, 0.6) is 5.75 Å². The van der Waals surface area contributed by atoms with Crippen LogP contribution in [-0.4, -0.2) is 18.0 Å². The topological polar surface area (TPSA) is 91.2 Å². The lowest BCUT2D eigenvalue weighted by Crippen LogP contribution is -2.14. The number of carbonyl (C=O) groups excluding carboxylic acids is 1. The van der Waals surface area contributed by atoms with Crippen LogP contribution >= 0.6 is 0 Å². The number of benzene rings is 1. The normalized spacial score (nSPS) is 10.3. The standard InChI is InChI=1S/C11H11N3O2/c1-16-7-2-3-9-6(4-7)5-8(11(13)15)10(12)14-9/h2-5H,1H3,(H2,12,14)(H2,13,15). The van der Waals surface area contributed by atoms with E-state index in [4.69, 9.17) is 16.2 Å². The smallest absolute Gasteiger partial charge is 0.252 e. The molecule has 0 fully saturated rings. The van der Waals surface area contributed by atoms with E-state index in [2.05, 4.69) is 4.98 Å². The highest BCUT2D eigenvalue weighted by Gasteiger charge is 2.09. The number of amides is 1. The van der Waals surface area contributed by atoms with Crippen molar-refractivity contribution in [3.05, 3.63) is 29.8 Å². The third-order valence-corrected chi connectivity index (χ3v) is 2.32. The van der Waals surface area contributed by atoms with Crippen molar-refractivity contribution in [2.45, 2.75) is 0 Å². The van der Waals surface area contributed by atoms with Crippen molar-refractivity contribution < 1.29 is 9.53 Å². The number of hydrogen-bond donors (Lipinski definition) is 2. The van der Waals surface area contributed by atoms with Gasteiger partial charge in [0.15, 0.2) is 0 Å². The number of primary amides is 1. The maximum Gasteiger partial charge on any atom is 0.252 e. The summed E-state index contributed by atoms with van der Waals surface area (Å²) in [6.45, 7) is 0. The van der Waals surface area contributed by atoms with Gasteiger partial charge < -0.3 is 16.2 Å². The van der Waals surface area contributed by atoms with Crippen LogP contribution in [-0.2, 0) is 0 Å². The number of carbonyl (C=O) groups is 1. The molecule has 0 spiro atoms. The Hall–Kier alpha value is -2.30. The summed E-state index contributed by atoms with van der Waals surface area (Å²) in [6, 6.07) is 6.94. The average Bonchev–Trinajstić information content (AvgIpc) is 2.27. The first-order chi connectivity index (χ1) is 7.61. The molecule has 2 rings (SSSR count). The minimum atomic E-state index is -0.588. The fourth-order valence-corrected chi connectivity index (χ4v) is 1.49. The summed E-state index contributed by atoms with van der Waals surface area (Å²) in [5.41, 5.74) is 11.7. The van der Waals surface area contributed by atoms with Gasteiger partial charge in [-0.15, -0.1) is 0 Å². The van der Waals surface area contributed by atoms with E-state index in [1.807, 2.05) is 0 Å². The number of nitrogens with zero attached hydrogens (tertiary/aromatic N) is 1. The lowest BCUT2D eigenvalue weighted by atomic mass is 10.1. The second-order valence-electron chi connectivity index (χ2n) is 3.34. The number of fused-ring (bicyclic) bond motifs is 1. The number of hydrogen-bond acceptors (Lipinski definition) is 4. The second kappa shape index (κ2) is 3.69. The number of pyridine rings is 1. The summed E-state index contributed by atoms with van der Waals surface area (Å²) in [5.74, 6) is 0.245. The van der Waals surface area contributed by atoms with E-state index >= 15 is 0 Å². The third-order valence-electron chi connectivity index (χ3n) is 2.32. The van der Waals surface area contributed by atoms with Gasteiger partial charge in [0.25, 0.3) is 5.91 Å². The molecule has 82 valence electrons.